The molecule has 3 aromatic heterocycles. The van der Waals surface area contributed by atoms with Crippen LogP contribution in [0.1, 0.15) is 18.2 Å². The number of nitrogens with two attached hydrogens (primary N) is 1. The Kier molecular flexibility index (Phi) is 4.95. The third kappa shape index (κ3) is 3.61. The molecule has 3 heterocycles. The average molecular weight is 423 g/mol. The Morgan fingerprint density at radius 3 is 2.36 bits per heavy atom. The van der Waals surface area contributed by atoms with Crippen LogP contribution in [0.15, 0.2) is 23.8 Å². The van der Waals surface area contributed by atoms with Gasteiger partial charge >= 0.3 is 12.4 Å². The van der Waals surface area contributed by atoms with Crippen LogP contribution in [0, 0.1) is 0 Å². The summed E-state index contributed by atoms with van der Waals surface area (Å²) in [5, 5.41) is 4.16. The molecule has 2 N–H and O–H groups in total. The molecule has 3 rings (SSSR count). The van der Waals surface area contributed by atoms with Gasteiger partial charge in [-0.25, -0.2) is 9.97 Å². The Labute approximate surface area is 157 Å². The molecule has 0 bridgehead atoms. The molecule has 0 aliphatic rings. The number of ether oxygens (including phenoxy) is 1. The van der Waals surface area contributed by atoms with Gasteiger partial charge in [0.25, 0.3) is 5.88 Å². The van der Waals surface area contributed by atoms with Gasteiger partial charge in [-0.15, -0.1) is 11.3 Å². The predicted octanol–water partition coefficient (Wildman–Crippen LogP) is 4.41. The molecule has 0 aromatic carbocycles. The molecule has 0 aliphatic carbocycles. The van der Waals surface area contributed by atoms with Crippen molar-refractivity contribution >= 4 is 17.2 Å². The molecule has 0 spiro atoms. The van der Waals surface area contributed by atoms with Crippen LogP contribution in [-0.4, -0.2) is 26.4 Å². The number of halogens is 6. The molecule has 13 heteroatoms. The van der Waals surface area contributed by atoms with E-state index in [-0.39, 0.29) is 23.2 Å². The molecule has 28 heavy (non-hydrogen) atoms. The van der Waals surface area contributed by atoms with Gasteiger partial charge in [-0.2, -0.15) is 36.1 Å². The van der Waals surface area contributed by atoms with Crippen molar-refractivity contribution < 1.29 is 31.1 Å². The lowest BCUT2D eigenvalue weighted by Crippen LogP contribution is -2.10. The van der Waals surface area contributed by atoms with Gasteiger partial charge in [0.05, 0.1) is 17.7 Å². The summed E-state index contributed by atoms with van der Waals surface area (Å²) in [5.74, 6) is -0.878. The van der Waals surface area contributed by atoms with Crippen LogP contribution < -0.4 is 10.5 Å². The first-order valence-corrected chi connectivity index (χ1v) is 8.48. The second-order valence-electron chi connectivity index (χ2n) is 5.33. The van der Waals surface area contributed by atoms with Gasteiger partial charge in [-0.3, -0.25) is 0 Å². The largest absolute Gasteiger partial charge is 0.475 e. The number of hydrogen-bond donors (Lipinski definition) is 1. The van der Waals surface area contributed by atoms with Crippen LogP contribution in [0.25, 0.3) is 16.3 Å². The Hall–Kier alpha value is -2.83. The molecular formula is C15H11F6N5OS. The zero-order valence-corrected chi connectivity index (χ0v) is 14.8. The molecule has 0 aliphatic heterocycles. The van der Waals surface area contributed by atoms with E-state index in [0.717, 1.165) is 0 Å². The van der Waals surface area contributed by atoms with Crippen molar-refractivity contribution in [2.24, 2.45) is 0 Å². The Morgan fingerprint density at radius 2 is 1.79 bits per heavy atom. The fourth-order valence-electron chi connectivity index (χ4n) is 2.35. The minimum Gasteiger partial charge on any atom is -0.475 e. The van der Waals surface area contributed by atoms with Crippen molar-refractivity contribution in [1.29, 1.82) is 0 Å². The molecule has 0 saturated heterocycles. The molecule has 0 fully saturated rings. The quantitative estimate of drug-likeness (QED) is 0.629. The maximum absolute atomic E-state index is 13.5. The van der Waals surface area contributed by atoms with E-state index in [2.05, 4.69) is 15.1 Å². The topological polar surface area (TPSA) is 78.9 Å². The minimum atomic E-state index is -4.97. The number of nitrogen functional groups attached to an aromatic ring is 1. The number of aromatic nitrogens is 4. The molecule has 0 unspecified atom stereocenters. The standard InChI is InChI=1S/C15H11F6N5OS/c1-2-27-13-12(23-3-4-24-13)26-11(22)9(10(25-26)15(19,20)21)8-5-7(6-28-8)14(16,17)18/h3-6H,2,22H2,1H3. The number of anilines is 1. The van der Waals surface area contributed by atoms with E-state index in [1.807, 2.05) is 0 Å². The van der Waals surface area contributed by atoms with Crippen LogP contribution in [0.2, 0.25) is 0 Å². The summed E-state index contributed by atoms with van der Waals surface area (Å²) in [4.78, 5) is 7.43. The summed E-state index contributed by atoms with van der Waals surface area (Å²) in [6, 6.07) is 0.595. The third-order valence-corrected chi connectivity index (χ3v) is 4.44. The molecule has 0 radical (unpaired) electrons. The van der Waals surface area contributed by atoms with Crippen LogP contribution in [0.4, 0.5) is 32.2 Å². The highest BCUT2D eigenvalue weighted by Crippen LogP contribution is 2.45. The minimum absolute atomic E-state index is 0.123. The van der Waals surface area contributed by atoms with Crippen molar-refractivity contribution in [2.45, 2.75) is 19.3 Å². The Balaban J connectivity index is 2.23. The highest BCUT2D eigenvalue weighted by atomic mass is 32.1. The number of hydrogen-bond acceptors (Lipinski definition) is 6. The lowest BCUT2D eigenvalue weighted by Gasteiger charge is -2.08. The summed E-state index contributed by atoms with van der Waals surface area (Å²) in [7, 11) is 0. The fraction of sp³-hybridized carbons (Fsp3) is 0.267. The zero-order valence-electron chi connectivity index (χ0n) is 14.0. The van der Waals surface area contributed by atoms with Crippen LogP contribution >= 0.6 is 11.3 Å². The van der Waals surface area contributed by atoms with Gasteiger partial charge in [-0.05, 0) is 13.0 Å². The second-order valence-corrected chi connectivity index (χ2v) is 6.25. The van der Waals surface area contributed by atoms with E-state index < -0.39 is 35.0 Å². The molecule has 0 amide bonds. The Bertz CT molecular complexity index is 994. The summed E-state index contributed by atoms with van der Waals surface area (Å²) in [6.07, 6.45) is -7.22. The summed E-state index contributed by atoms with van der Waals surface area (Å²) >= 11 is 0.476. The van der Waals surface area contributed by atoms with Crippen molar-refractivity contribution in [1.82, 2.24) is 19.7 Å². The third-order valence-electron chi connectivity index (χ3n) is 3.49. The first-order valence-electron chi connectivity index (χ1n) is 7.60. The van der Waals surface area contributed by atoms with Gasteiger partial charge in [0.15, 0.2) is 5.69 Å². The fourth-order valence-corrected chi connectivity index (χ4v) is 3.32. The first-order chi connectivity index (χ1) is 13.0. The van der Waals surface area contributed by atoms with Crippen LogP contribution in [-0.2, 0) is 12.4 Å². The maximum Gasteiger partial charge on any atom is 0.435 e. The molecule has 0 saturated carbocycles. The lowest BCUT2D eigenvalue weighted by atomic mass is 10.1. The highest BCUT2D eigenvalue weighted by Gasteiger charge is 2.41. The molecular weight excluding hydrogens is 412 g/mol. The predicted molar refractivity (Wildman–Crippen MR) is 88.1 cm³/mol. The van der Waals surface area contributed by atoms with E-state index in [9.17, 15) is 26.3 Å². The van der Waals surface area contributed by atoms with Gasteiger partial charge in [-0.1, -0.05) is 0 Å². The van der Waals surface area contributed by atoms with Gasteiger partial charge in [0.1, 0.15) is 5.82 Å². The number of nitrogens with zero attached hydrogens (tertiary/aromatic N) is 4. The van der Waals surface area contributed by atoms with Crippen LogP contribution in [0.5, 0.6) is 5.88 Å². The first kappa shape index (κ1) is 19.9. The molecule has 6 nitrogen and oxygen atoms in total. The van der Waals surface area contributed by atoms with E-state index in [1.54, 1.807) is 6.92 Å². The van der Waals surface area contributed by atoms with Gasteiger partial charge in [0, 0.05) is 22.7 Å². The van der Waals surface area contributed by atoms with Gasteiger partial charge in [0.2, 0.25) is 5.82 Å². The molecule has 150 valence electrons. The molecule has 0 atom stereocenters. The number of thiophene rings is 1. The normalized spacial score (nSPS) is 12.4. The van der Waals surface area contributed by atoms with Gasteiger partial charge < -0.3 is 10.5 Å². The van der Waals surface area contributed by atoms with E-state index >= 15 is 0 Å². The van der Waals surface area contributed by atoms with Crippen molar-refractivity contribution in [3.05, 3.63) is 35.1 Å². The van der Waals surface area contributed by atoms with Crippen molar-refractivity contribution in [3.63, 3.8) is 0 Å². The Morgan fingerprint density at radius 1 is 1.11 bits per heavy atom. The smallest absolute Gasteiger partial charge is 0.435 e. The second kappa shape index (κ2) is 6.96. The highest BCUT2D eigenvalue weighted by molar-refractivity contribution is 7.13. The number of alkyl halides is 6. The van der Waals surface area contributed by atoms with E-state index in [1.165, 1.54) is 12.4 Å². The van der Waals surface area contributed by atoms with E-state index in [0.29, 0.717) is 27.5 Å². The monoisotopic (exact) mass is 423 g/mol. The maximum atomic E-state index is 13.5. The van der Waals surface area contributed by atoms with E-state index in [4.69, 9.17) is 10.5 Å². The summed E-state index contributed by atoms with van der Waals surface area (Å²) in [5.41, 5.74) is 2.67. The van der Waals surface area contributed by atoms with Crippen molar-refractivity contribution in [3.8, 4) is 22.1 Å². The number of rotatable bonds is 4. The zero-order chi connectivity index (χ0) is 20.7. The lowest BCUT2D eigenvalue weighted by molar-refractivity contribution is -0.140. The van der Waals surface area contributed by atoms with Crippen molar-refractivity contribution in [2.75, 3.05) is 12.3 Å². The van der Waals surface area contributed by atoms with Crippen LogP contribution in [0.3, 0.4) is 0 Å². The average Bonchev–Trinajstić information content (AvgIpc) is 3.19. The summed E-state index contributed by atoms with van der Waals surface area (Å²) in [6.45, 7) is 1.77. The SMILES string of the molecule is CCOc1nccnc1-n1nc(C(F)(F)F)c(-c2cc(C(F)(F)F)cs2)c1N. The summed E-state index contributed by atoms with van der Waals surface area (Å²) < 4.78 is 85.0. The molecule has 3 aromatic rings.